The maximum absolute atomic E-state index is 13.6. The number of aromatic carboxylic acids is 1. The van der Waals surface area contributed by atoms with Gasteiger partial charge in [-0.05, 0) is 54.8 Å². The minimum atomic E-state index is -1.13. The van der Waals surface area contributed by atoms with E-state index in [-0.39, 0.29) is 23.7 Å². The molecule has 10 nitrogen and oxygen atoms in total. The minimum Gasteiger partial charge on any atom is -0.478 e. The van der Waals surface area contributed by atoms with Crippen LogP contribution in [0.15, 0.2) is 85.1 Å². The van der Waals surface area contributed by atoms with Crippen LogP contribution < -0.4 is 20.4 Å². The van der Waals surface area contributed by atoms with Crippen LogP contribution in [-0.2, 0) is 16.0 Å². The van der Waals surface area contributed by atoms with Gasteiger partial charge in [-0.2, -0.15) is 0 Å². The third-order valence-electron chi connectivity index (χ3n) is 6.68. The van der Waals surface area contributed by atoms with Gasteiger partial charge in [0, 0.05) is 29.5 Å². The Morgan fingerprint density at radius 3 is 2.60 bits per heavy atom. The molecule has 3 N–H and O–H groups in total. The molecule has 0 saturated heterocycles. The highest BCUT2D eigenvalue weighted by molar-refractivity contribution is 6.09. The number of carbonyl (C=O) groups excluding carboxylic acids is 3. The molecule has 1 aromatic heterocycles. The molecular weight excluding hydrogens is 510 g/mol. The summed E-state index contributed by atoms with van der Waals surface area (Å²) in [7, 11) is 0. The lowest BCUT2D eigenvalue weighted by molar-refractivity contribution is -0.122. The predicted molar refractivity (Wildman–Crippen MR) is 152 cm³/mol. The summed E-state index contributed by atoms with van der Waals surface area (Å²) in [6.45, 7) is -0.105. The van der Waals surface area contributed by atoms with E-state index in [9.17, 15) is 19.2 Å². The van der Waals surface area contributed by atoms with Gasteiger partial charge in [0.05, 0.1) is 23.3 Å². The molecule has 0 fully saturated rings. The minimum absolute atomic E-state index is 0.0151. The van der Waals surface area contributed by atoms with Gasteiger partial charge in [0.25, 0.3) is 0 Å². The summed E-state index contributed by atoms with van der Waals surface area (Å²) in [5.41, 5.74) is 3.21. The summed E-state index contributed by atoms with van der Waals surface area (Å²) in [5.74, 6) is -1.88. The highest BCUT2D eigenvalue weighted by Crippen LogP contribution is 2.29. The number of nitrogens with one attached hydrogen (secondary N) is 2. The molecule has 0 radical (unpaired) electrons. The molecule has 1 aliphatic rings. The Morgan fingerprint density at radius 2 is 1.75 bits per heavy atom. The van der Waals surface area contributed by atoms with E-state index in [1.807, 2.05) is 36.4 Å². The van der Waals surface area contributed by atoms with Crippen LogP contribution in [0.1, 0.15) is 22.3 Å². The van der Waals surface area contributed by atoms with Gasteiger partial charge in [-0.3, -0.25) is 19.5 Å². The number of nitrogens with zero attached hydrogens (tertiary/aromatic N) is 3. The van der Waals surface area contributed by atoms with Gasteiger partial charge in [0.1, 0.15) is 6.54 Å². The monoisotopic (exact) mass is 537 g/mol. The van der Waals surface area contributed by atoms with Gasteiger partial charge in [0.2, 0.25) is 11.8 Å². The number of benzene rings is 3. The van der Waals surface area contributed by atoms with Gasteiger partial charge in [-0.1, -0.05) is 42.5 Å². The van der Waals surface area contributed by atoms with E-state index in [0.717, 1.165) is 29.5 Å². The number of hydrogen-bond acceptors (Lipinski definition) is 5. The summed E-state index contributed by atoms with van der Waals surface area (Å²) in [6.07, 6.45) is 3.32. The standard InChI is InChI=1S/C30H27N5O5/c36-26(18-32-30(40)33-23-12-3-9-22(17-23)29(38)39)35(25-14-4-8-21-10-5-15-31-28(21)25)19-27(37)34-16-6-11-20-7-1-2-13-24(20)34/h1-5,7-10,12-15,17H,6,11,16,18-19H2,(H,38,39)(H2,32,33,40). The molecule has 0 unspecified atom stereocenters. The third kappa shape index (κ3) is 5.75. The third-order valence-corrected chi connectivity index (χ3v) is 6.68. The van der Waals surface area contributed by atoms with E-state index >= 15 is 0 Å². The molecule has 5 rings (SSSR count). The van der Waals surface area contributed by atoms with E-state index in [0.29, 0.717) is 17.7 Å². The second-order valence-corrected chi connectivity index (χ2v) is 9.30. The Labute approximate surface area is 230 Å². The van der Waals surface area contributed by atoms with Crippen molar-refractivity contribution in [2.75, 3.05) is 34.8 Å². The maximum Gasteiger partial charge on any atom is 0.335 e. The molecule has 202 valence electrons. The van der Waals surface area contributed by atoms with Crippen LogP contribution in [0.3, 0.4) is 0 Å². The number of para-hydroxylation sites is 2. The molecule has 0 aliphatic carbocycles. The largest absolute Gasteiger partial charge is 0.478 e. The number of carbonyl (C=O) groups is 4. The van der Waals surface area contributed by atoms with Crippen LogP contribution in [0, 0.1) is 0 Å². The van der Waals surface area contributed by atoms with Gasteiger partial charge in [-0.15, -0.1) is 0 Å². The highest BCUT2D eigenvalue weighted by Gasteiger charge is 2.28. The fourth-order valence-corrected chi connectivity index (χ4v) is 4.78. The summed E-state index contributed by atoms with van der Waals surface area (Å²) in [6, 6.07) is 21.8. The number of hydrogen-bond donors (Lipinski definition) is 3. The molecule has 2 heterocycles. The summed E-state index contributed by atoms with van der Waals surface area (Å²) >= 11 is 0. The van der Waals surface area contributed by atoms with Gasteiger partial charge >= 0.3 is 12.0 Å². The quantitative estimate of drug-likeness (QED) is 0.326. The summed E-state index contributed by atoms with van der Waals surface area (Å²) in [5, 5.41) is 15.0. The van der Waals surface area contributed by atoms with Crippen LogP contribution in [-0.4, -0.2) is 53.5 Å². The zero-order chi connectivity index (χ0) is 28.1. The molecule has 0 spiro atoms. The van der Waals surface area contributed by atoms with Gasteiger partial charge in [0.15, 0.2) is 0 Å². The van der Waals surface area contributed by atoms with Crippen molar-refractivity contribution in [3.63, 3.8) is 0 Å². The maximum atomic E-state index is 13.6. The number of aryl methyl sites for hydroxylation is 1. The van der Waals surface area contributed by atoms with E-state index in [2.05, 4.69) is 15.6 Å². The average molecular weight is 538 g/mol. The smallest absolute Gasteiger partial charge is 0.335 e. The Bertz CT molecular complexity index is 1600. The zero-order valence-electron chi connectivity index (χ0n) is 21.5. The van der Waals surface area contributed by atoms with Crippen molar-refractivity contribution in [1.82, 2.24) is 10.3 Å². The Hall–Kier alpha value is -5.25. The van der Waals surface area contributed by atoms with E-state index in [1.54, 1.807) is 29.3 Å². The van der Waals surface area contributed by atoms with Gasteiger partial charge in [-0.25, -0.2) is 9.59 Å². The summed E-state index contributed by atoms with van der Waals surface area (Å²) in [4.78, 5) is 58.4. The Morgan fingerprint density at radius 1 is 0.950 bits per heavy atom. The number of urea groups is 1. The van der Waals surface area contributed by atoms with Crippen molar-refractivity contribution in [1.29, 1.82) is 0 Å². The molecule has 0 bridgehead atoms. The SMILES string of the molecule is O=C(NCC(=O)N(CC(=O)N1CCCc2ccccc21)c1cccc2cccnc12)Nc1cccc(C(=O)O)c1. The van der Waals surface area contributed by atoms with Crippen molar-refractivity contribution < 1.29 is 24.3 Å². The van der Waals surface area contributed by atoms with Crippen molar-refractivity contribution in [2.45, 2.75) is 12.8 Å². The predicted octanol–water partition coefficient (Wildman–Crippen LogP) is 4.07. The molecule has 40 heavy (non-hydrogen) atoms. The van der Waals surface area contributed by atoms with E-state index in [1.165, 1.54) is 29.2 Å². The van der Waals surface area contributed by atoms with Crippen LogP contribution in [0.2, 0.25) is 0 Å². The Kier molecular flexibility index (Phi) is 7.68. The first-order valence-corrected chi connectivity index (χ1v) is 12.8. The highest BCUT2D eigenvalue weighted by atomic mass is 16.4. The van der Waals surface area contributed by atoms with Crippen LogP contribution in [0.4, 0.5) is 21.9 Å². The number of rotatable bonds is 7. The second kappa shape index (κ2) is 11.6. The fraction of sp³-hybridized carbons (Fsp3) is 0.167. The first kappa shape index (κ1) is 26.4. The molecule has 0 saturated carbocycles. The topological polar surface area (TPSA) is 132 Å². The first-order chi connectivity index (χ1) is 19.4. The number of fused-ring (bicyclic) bond motifs is 2. The Balaban J connectivity index is 1.36. The van der Waals surface area contributed by atoms with Crippen molar-refractivity contribution in [2.24, 2.45) is 0 Å². The van der Waals surface area contributed by atoms with Crippen LogP contribution >= 0.6 is 0 Å². The number of carboxylic acids is 1. The molecule has 4 aromatic rings. The molecule has 3 aromatic carbocycles. The summed E-state index contributed by atoms with van der Waals surface area (Å²) < 4.78 is 0. The molecule has 0 atom stereocenters. The lowest BCUT2D eigenvalue weighted by Crippen LogP contribution is -2.48. The fourth-order valence-electron chi connectivity index (χ4n) is 4.78. The number of anilines is 3. The van der Waals surface area contributed by atoms with Crippen molar-refractivity contribution in [3.05, 3.63) is 96.2 Å². The lowest BCUT2D eigenvalue weighted by Gasteiger charge is -2.32. The normalized spacial score (nSPS) is 12.3. The number of pyridine rings is 1. The van der Waals surface area contributed by atoms with E-state index in [4.69, 9.17) is 5.11 Å². The molecular formula is C30H27N5O5. The molecule has 1 aliphatic heterocycles. The number of amides is 4. The van der Waals surface area contributed by atoms with Gasteiger partial charge < -0.3 is 20.6 Å². The number of carboxylic acid groups (broad SMARTS) is 1. The average Bonchev–Trinajstić information content (AvgIpc) is 2.98. The van der Waals surface area contributed by atoms with E-state index < -0.39 is 24.5 Å². The van der Waals surface area contributed by atoms with Crippen molar-refractivity contribution >= 4 is 51.8 Å². The van der Waals surface area contributed by atoms with Crippen molar-refractivity contribution in [3.8, 4) is 0 Å². The second-order valence-electron chi connectivity index (χ2n) is 9.30. The first-order valence-electron chi connectivity index (χ1n) is 12.8. The van der Waals surface area contributed by atoms with Crippen LogP contribution in [0.5, 0.6) is 0 Å². The lowest BCUT2D eigenvalue weighted by atomic mass is 10.0. The molecule has 4 amide bonds. The zero-order valence-corrected chi connectivity index (χ0v) is 21.5. The number of aromatic nitrogens is 1. The van der Waals surface area contributed by atoms with Crippen LogP contribution in [0.25, 0.3) is 10.9 Å². The molecule has 10 heteroatoms.